The van der Waals surface area contributed by atoms with Gasteiger partial charge in [-0.2, -0.15) is 11.8 Å². The van der Waals surface area contributed by atoms with Crippen molar-refractivity contribution in [1.29, 1.82) is 0 Å². The third kappa shape index (κ3) is 5.86. The van der Waals surface area contributed by atoms with E-state index in [1.807, 2.05) is 18.0 Å². The molecule has 0 aliphatic carbocycles. The molecule has 0 spiro atoms. The SMILES string of the molecule is CCC(C)SCC(Cc1cncc(Br)c1)NN. The van der Waals surface area contributed by atoms with Gasteiger partial charge in [-0.1, -0.05) is 13.8 Å². The lowest BCUT2D eigenvalue weighted by Crippen LogP contribution is -2.39. The number of nitrogens with zero attached hydrogens (tertiary/aromatic N) is 1. The normalized spacial score (nSPS) is 14.6. The summed E-state index contributed by atoms with van der Waals surface area (Å²) in [5.74, 6) is 6.62. The lowest BCUT2D eigenvalue weighted by atomic mass is 10.1. The molecule has 0 saturated heterocycles. The summed E-state index contributed by atoms with van der Waals surface area (Å²) in [6, 6.07) is 2.38. The number of pyridine rings is 1. The average Bonchev–Trinajstić information content (AvgIpc) is 2.34. The van der Waals surface area contributed by atoms with E-state index in [-0.39, 0.29) is 0 Å². The fourth-order valence-corrected chi connectivity index (χ4v) is 2.84. The lowest BCUT2D eigenvalue weighted by Gasteiger charge is -2.17. The standard InChI is InChI=1S/C12H20BrN3S/c1-3-9(2)17-8-12(16-14)5-10-4-11(13)7-15-6-10/h4,6-7,9,12,16H,3,5,8,14H2,1-2H3. The summed E-state index contributed by atoms with van der Waals surface area (Å²) in [4.78, 5) is 4.16. The molecule has 17 heavy (non-hydrogen) atoms. The predicted molar refractivity (Wildman–Crippen MR) is 79.0 cm³/mol. The van der Waals surface area contributed by atoms with E-state index < -0.39 is 0 Å². The summed E-state index contributed by atoms with van der Waals surface area (Å²) < 4.78 is 1.01. The van der Waals surface area contributed by atoms with Gasteiger partial charge < -0.3 is 0 Å². The highest BCUT2D eigenvalue weighted by atomic mass is 79.9. The van der Waals surface area contributed by atoms with Gasteiger partial charge in [-0.05, 0) is 40.4 Å². The predicted octanol–water partition coefficient (Wildman–Crippen LogP) is 2.75. The molecule has 0 aliphatic rings. The molecule has 0 radical (unpaired) electrons. The van der Waals surface area contributed by atoms with Crippen LogP contribution in [0, 0.1) is 0 Å². The first-order valence-electron chi connectivity index (χ1n) is 5.82. The third-order valence-corrected chi connectivity index (χ3v) is 4.57. The number of halogens is 1. The Morgan fingerprint density at radius 1 is 1.53 bits per heavy atom. The van der Waals surface area contributed by atoms with Crippen LogP contribution in [0.15, 0.2) is 22.9 Å². The first-order chi connectivity index (χ1) is 8.15. The largest absolute Gasteiger partial charge is 0.271 e. The van der Waals surface area contributed by atoms with Gasteiger partial charge in [0.05, 0.1) is 0 Å². The fraction of sp³-hybridized carbons (Fsp3) is 0.583. The Morgan fingerprint density at radius 2 is 2.29 bits per heavy atom. The number of thioether (sulfide) groups is 1. The highest BCUT2D eigenvalue weighted by molar-refractivity contribution is 9.10. The zero-order valence-electron chi connectivity index (χ0n) is 10.3. The van der Waals surface area contributed by atoms with E-state index in [0.717, 1.165) is 16.6 Å². The van der Waals surface area contributed by atoms with E-state index in [2.05, 4.69) is 46.3 Å². The van der Waals surface area contributed by atoms with Crippen molar-refractivity contribution < 1.29 is 0 Å². The van der Waals surface area contributed by atoms with Gasteiger partial charge in [0.1, 0.15) is 0 Å². The van der Waals surface area contributed by atoms with Crippen molar-refractivity contribution in [3.8, 4) is 0 Å². The molecule has 5 heteroatoms. The molecule has 0 bridgehead atoms. The minimum absolute atomic E-state index is 0.296. The molecule has 0 saturated carbocycles. The number of hydrogen-bond donors (Lipinski definition) is 2. The molecule has 2 atom stereocenters. The number of rotatable bonds is 7. The highest BCUT2D eigenvalue weighted by Crippen LogP contribution is 2.17. The number of nitrogens with one attached hydrogen (secondary N) is 1. The van der Waals surface area contributed by atoms with Gasteiger partial charge in [0, 0.05) is 33.9 Å². The number of hydrogen-bond acceptors (Lipinski definition) is 4. The van der Waals surface area contributed by atoms with Gasteiger partial charge in [-0.15, -0.1) is 0 Å². The molecule has 2 unspecified atom stereocenters. The molecule has 1 rings (SSSR count). The zero-order chi connectivity index (χ0) is 12.7. The molecule has 1 aromatic heterocycles. The van der Waals surface area contributed by atoms with Crippen molar-refractivity contribution >= 4 is 27.7 Å². The van der Waals surface area contributed by atoms with Crippen molar-refractivity contribution in [2.45, 2.75) is 38.0 Å². The molecule has 96 valence electrons. The van der Waals surface area contributed by atoms with Crippen molar-refractivity contribution in [2.75, 3.05) is 5.75 Å². The summed E-state index contributed by atoms with van der Waals surface area (Å²) in [5, 5.41) is 0.687. The van der Waals surface area contributed by atoms with Crippen LogP contribution in [-0.2, 0) is 6.42 Å². The van der Waals surface area contributed by atoms with Crippen molar-refractivity contribution in [2.24, 2.45) is 5.84 Å². The number of aromatic nitrogens is 1. The van der Waals surface area contributed by atoms with Crippen LogP contribution in [0.25, 0.3) is 0 Å². The fourth-order valence-electron chi connectivity index (χ4n) is 1.42. The monoisotopic (exact) mass is 317 g/mol. The van der Waals surface area contributed by atoms with E-state index in [0.29, 0.717) is 11.3 Å². The van der Waals surface area contributed by atoms with Crippen molar-refractivity contribution in [3.63, 3.8) is 0 Å². The van der Waals surface area contributed by atoms with E-state index in [1.165, 1.54) is 12.0 Å². The van der Waals surface area contributed by atoms with Crippen LogP contribution in [0.5, 0.6) is 0 Å². The Labute approximate surface area is 116 Å². The number of nitrogens with two attached hydrogens (primary N) is 1. The molecule has 0 aromatic carbocycles. The first-order valence-corrected chi connectivity index (χ1v) is 7.67. The summed E-state index contributed by atoms with van der Waals surface area (Å²) >= 11 is 5.39. The van der Waals surface area contributed by atoms with Gasteiger partial charge in [0.15, 0.2) is 0 Å². The zero-order valence-corrected chi connectivity index (χ0v) is 12.7. The van der Waals surface area contributed by atoms with Crippen molar-refractivity contribution in [3.05, 3.63) is 28.5 Å². The Kier molecular flexibility index (Phi) is 7.11. The summed E-state index contributed by atoms with van der Waals surface area (Å²) in [7, 11) is 0. The molecule has 3 N–H and O–H groups in total. The summed E-state index contributed by atoms with van der Waals surface area (Å²) in [5.41, 5.74) is 4.09. The van der Waals surface area contributed by atoms with Crippen LogP contribution < -0.4 is 11.3 Å². The molecule has 1 heterocycles. The van der Waals surface area contributed by atoms with Crippen LogP contribution in [0.4, 0.5) is 0 Å². The topological polar surface area (TPSA) is 50.9 Å². The van der Waals surface area contributed by atoms with Gasteiger partial charge in [-0.3, -0.25) is 16.3 Å². The minimum atomic E-state index is 0.296. The second kappa shape index (κ2) is 8.08. The first kappa shape index (κ1) is 15.0. The van der Waals surface area contributed by atoms with E-state index in [9.17, 15) is 0 Å². The molecule has 0 fully saturated rings. The maximum Gasteiger partial charge on any atom is 0.0410 e. The van der Waals surface area contributed by atoms with Crippen LogP contribution in [0.2, 0.25) is 0 Å². The van der Waals surface area contributed by atoms with Crippen LogP contribution in [-0.4, -0.2) is 22.0 Å². The van der Waals surface area contributed by atoms with Crippen LogP contribution in [0.3, 0.4) is 0 Å². The maximum absolute atomic E-state index is 5.59. The lowest BCUT2D eigenvalue weighted by molar-refractivity contribution is 0.573. The van der Waals surface area contributed by atoms with Gasteiger partial charge in [-0.25, -0.2) is 0 Å². The third-order valence-electron chi connectivity index (χ3n) is 2.64. The second-order valence-corrected chi connectivity index (χ2v) is 6.52. The van der Waals surface area contributed by atoms with Crippen LogP contribution >= 0.6 is 27.7 Å². The van der Waals surface area contributed by atoms with E-state index in [4.69, 9.17) is 5.84 Å². The van der Waals surface area contributed by atoms with E-state index >= 15 is 0 Å². The smallest absolute Gasteiger partial charge is 0.0410 e. The van der Waals surface area contributed by atoms with Gasteiger partial charge >= 0.3 is 0 Å². The summed E-state index contributed by atoms with van der Waals surface area (Å²) in [6.45, 7) is 4.46. The second-order valence-electron chi connectivity index (χ2n) is 4.13. The molecule has 3 nitrogen and oxygen atoms in total. The maximum atomic E-state index is 5.59. The van der Waals surface area contributed by atoms with E-state index in [1.54, 1.807) is 6.20 Å². The summed E-state index contributed by atoms with van der Waals surface area (Å²) in [6.07, 6.45) is 5.79. The van der Waals surface area contributed by atoms with Crippen LogP contribution in [0.1, 0.15) is 25.8 Å². The Morgan fingerprint density at radius 3 is 2.88 bits per heavy atom. The molecule has 1 aromatic rings. The van der Waals surface area contributed by atoms with Gasteiger partial charge in [0.25, 0.3) is 0 Å². The Bertz CT molecular complexity index is 335. The minimum Gasteiger partial charge on any atom is -0.271 e. The van der Waals surface area contributed by atoms with Gasteiger partial charge in [0.2, 0.25) is 0 Å². The molecular weight excluding hydrogens is 298 g/mol. The highest BCUT2D eigenvalue weighted by Gasteiger charge is 2.10. The average molecular weight is 318 g/mol. The quantitative estimate of drug-likeness (QED) is 0.599. The molecule has 0 aliphatic heterocycles. The molecule has 0 amide bonds. The Balaban J connectivity index is 2.46. The van der Waals surface area contributed by atoms with Crippen molar-refractivity contribution in [1.82, 2.24) is 10.4 Å². The Hall–Kier alpha value is -0.100. The number of hydrazine groups is 1. The molecular formula is C12H20BrN3S.